The number of methoxy groups -OCH3 is 1. The van der Waals surface area contributed by atoms with Gasteiger partial charge < -0.3 is 23.7 Å². The van der Waals surface area contributed by atoms with Gasteiger partial charge in [-0.3, -0.25) is 0 Å². The molecule has 0 amide bonds. The van der Waals surface area contributed by atoms with Crippen LogP contribution in [0.15, 0.2) is 22.7 Å². The number of hydrogen-bond donors (Lipinski definition) is 0. The van der Waals surface area contributed by atoms with E-state index in [1.807, 2.05) is 6.07 Å². The fraction of sp³-hybridized carbons (Fsp3) is 0.750. The fourth-order valence-electron chi connectivity index (χ4n) is 3.31. The first-order valence-corrected chi connectivity index (χ1v) is 15.6. The van der Waals surface area contributed by atoms with Crippen LogP contribution in [0.1, 0.15) is 45.1 Å². The number of hydrogen-bond acceptors (Lipinski definition) is 5. The van der Waals surface area contributed by atoms with Crippen molar-refractivity contribution in [3.05, 3.63) is 28.2 Å². The third kappa shape index (κ3) is 13.6. The Kier molecular flexibility index (Phi) is 16.6. The second kappa shape index (κ2) is 18.0. The Bertz CT molecular complexity index is 565. The zero-order valence-electron chi connectivity index (χ0n) is 20.1. The van der Waals surface area contributed by atoms with Crippen molar-refractivity contribution in [1.29, 1.82) is 0 Å². The standard InChI is InChI=1S/C24H43BrO5Si/c1-5-7-17-31(4,18-8-6-2)21-29-20-22-9-10-23(25)24(19-22)30-16-15-28-14-13-27-12-11-26-3/h9-10,19H,5-8,11-18,20-21H2,1-4H3. The van der Waals surface area contributed by atoms with E-state index in [-0.39, 0.29) is 0 Å². The van der Waals surface area contributed by atoms with E-state index in [1.54, 1.807) is 7.11 Å². The molecule has 0 unspecified atom stereocenters. The normalized spacial score (nSPS) is 11.8. The van der Waals surface area contributed by atoms with E-state index in [1.165, 1.54) is 37.8 Å². The average molecular weight is 520 g/mol. The Morgan fingerprint density at radius 3 is 2.06 bits per heavy atom. The molecule has 1 rings (SSSR count). The van der Waals surface area contributed by atoms with Gasteiger partial charge in [0.1, 0.15) is 12.4 Å². The Morgan fingerprint density at radius 2 is 1.45 bits per heavy atom. The third-order valence-corrected chi connectivity index (χ3v) is 9.95. The zero-order valence-corrected chi connectivity index (χ0v) is 22.6. The maximum absolute atomic E-state index is 6.22. The van der Waals surface area contributed by atoms with Crippen LogP contribution in [0.5, 0.6) is 5.75 Å². The molecule has 0 atom stereocenters. The van der Waals surface area contributed by atoms with Crippen LogP contribution in [0.3, 0.4) is 0 Å². The smallest absolute Gasteiger partial charge is 0.133 e. The van der Waals surface area contributed by atoms with Gasteiger partial charge in [0, 0.05) is 13.3 Å². The molecular weight excluding hydrogens is 476 g/mol. The van der Waals surface area contributed by atoms with Gasteiger partial charge in [0.25, 0.3) is 0 Å². The lowest BCUT2D eigenvalue weighted by Crippen LogP contribution is -2.36. The molecule has 0 bridgehead atoms. The molecule has 0 aliphatic rings. The summed E-state index contributed by atoms with van der Waals surface area (Å²) in [4.78, 5) is 0. The van der Waals surface area contributed by atoms with Crippen LogP contribution in [-0.2, 0) is 25.6 Å². The van der Waals surface area contributed by atoms with Gasteiger partial charge >= 0.3 is 0 Å². The van der Waals surface area contributed by atoms with Crippen molar-refractivity contribution >= 4 is 24.0 Å². The molecule has 0 spiro atoms. The summed E-state index contributed by atoms with van der Waals surface area (Å²) in [6, 6.07) is 8.94. The molecule has 0 saturated heterocycles. The van der Waals surface area contributed by atoms with E-state index < -0.39 is 8.07 Å². The van der Waals surface area contributed by atoms with E-state index in [2.05, 4.69) is 48.5 Å². The summed E-state index contributed by atoms with van der Waals surface area (Å²) in [7, 11) is 0.352. The van der Waals surface area contributed by atoms with Gasteiger partial charge in [-0.1, -0.05) is 64.2 Å². The second-order valence-electron chi connectivity index (χ2n) is 8.34. The Labute approximate surface area is 199 Å². The fourth-order valence-corrected chi connectivity index (χ4v) is 7.22. The third-order valence-electron chi connectivity index (χ3n) is 5.27. The van der Waals surface area contributed by atoms with Crippen LogP contribution < -0.4 is 4.74 Å². The van der Waals surface area contributed by atoms with Crippen LogP contribution in [0, 0.1) is 0 Å². The van der Waals surface area contributed by atoms with E-state index in [0.717, 1.165) is 22.0 Å². The van der Waals surface area contributed by atoms with E-state index in [4.69, 9.17) is 23.7 Å². The van der Waals surface area contributed by atoms with Crippen molar-refractivity contribution in [1.82, 2.24) is 0 Å². The van der Waals surface area contributed by atoms with Crippen LogP contribution in [0.25, 0.3) is 0 Å². The zero-order chi connectivity index (χ0) is 22.8. The Balaban J connectivity index is 2.37. The highest BCUT2D eigenvalue weighted by molar-refractivity contribution is 9.10. The molecule has 5 nitrogen and oxygen atoms in total. The van der Waals surface area contributed by atoms with E-state index in [0.29, 0.717) is 46.2 Å². The van der Waals surface area contributed by atoms with Gasteiger partial charge in [-0.15, -0.1) is 0 Å². The van der Waals surface area contributed by atoms with Crippen molar-refractivity contribution in [2.45, 2.75) is 64.8 Å². The SMILES string of the molecule is CCCC[Si](C)(CCCC)COCc1ccc(Br)c(OCCOCCOCCOC)c1. The van der Waals surface area contributed by atoms with Gasteiger partial charge in [-0.2, -0.15) is 0 Å². The summed E-state index contributed by atoms with van der Waals surface area (Å²) in [5, 5.41) is 0. The lowest BCUT2D eigenvalue weighted by atomic mass is 10.2. The van der Waals surface area contributed by atoms with Gasteiger partial charge in [0.2, 0.25) is 0 Å². The predicted octanol–water partition coefficient (Wildman–Crippen LogP) is 6.24. The monoisotopic (exact) mass is 518 g/mol. The highest BCUT2D eigenvalue weighted by atomic mass is 79.9. The Hall–Kier alpha value is -0.443. The quantitative estimate of drug-likeness (QED) is 0.151. The highest BCUT2D eigenvalue weighted by Gasteiger charge is 2.26. The largest absolute Gasteiger partial charge is 0.490 e. The first-order valence-electron chi connectivity index (χ1n) is 11.7. The molecule has 1 aromatic rings. The van der Waals surface area contributed by atoms with Crippen molar-refractivity contribution in [2.75, 3.05) is 53.0 Å². The molecule has 180 valence electrons. The summed E-state index contributed by atoms with van der Waals surface area (Å²) in [6.07, 6.45) is 6.14. The summed E-state index contributed by atoms with van der Waals surface area (Å²) in [6.45, 7) is 11.1. The topological polar surface area (TPSA) is 46.2 Å². The van der Waals surface area contributed by atoms with Gasteiger partial charge in [-0.05, 0) is 33.6 Å². The van der Waals surface area contributed by atoms with Gasteiger partial charge in [0.15, 0.2) is 0 Å². The van der Waals surface area contributed by atoms with Crippen LogP contribution in [-0.4, -0.2) is 61.1 Å². The molecule has 7 heteroatoms. The maximum Gasteiger partial charge on any atom is 0.133 e. The minimum atomic E-state index is -1.31. The molecule has 0 radical (unpaired) electrons. The van der Waals surface area contributed by atoms with Gasteiger partial charge in [0.05, 0.1) is 52.2 Å². The summed E-state index contributed by atoms with van der Waals surface area (Å²) < 4.78 is 28.9. The maximum atomic E-state index is 6.22. The minimum Gasteiger partial charge on any atom is -0.490 e. The number of unbranched alkanes of at least 4 members (excludes halogenated alkanes) is 2. The molecule has 0 fully saturated rings. The van der Waals surface area contributed by atoms with Gasteiger partial charge in [-0.25, -0.2) is 0 Å². The van der Waals surface area contributed by atoms with Crippen molar-refractivity contribution in [2.24, 2.45) is 0 Å². The van der Waals surface area contributed by atoms with Crippen molar-refractivity contribution in [3.63, 3.8) is 0 Å². The lowest BCUT2D eigenvalue weighted by molar-refractivity contribution is 0.0179. The van der Waals surface area contributed by atoms with Crippen molar-refractivity contribution in [3.8, 4) is 5.75 Å². The van der Waals surface area contributed by atoms with Crippen LogP contribution in [0.4, 0.5) is 0 Å². The molecule has 31 heavy (non-hydrogen) atoms. The second-order valence-corrected chi connectivity index (χ2v) is 14.1. The minimum absolute atomic E-state index is 0.500. The molecule has 1 aromatic carbocycles. The Morgan fingerprint density at radius 1 is 0.839 bits per heavy atom. The summed E-state index contributed by atoms with van der Waals surface area (Å²) in [5.41, 5.74) is 1.15. The van der Waals surface area contributed by atoms with Crippen LogP contribution >= 0.6 is 15.9 Å². The summed E-state index contributed by atoms with van der Waals surface area (Å²) in [5.74, 6) is 0.831. The molecule has 0 aliphatic carbocycles. The molecule has 0 N–H and O–H groups in total. The lowest BCUT2D eigenvalue weighted by Gasteiger charge is -2.27. The molecule has 0 heterocycles. The average Bonchev–Trinajstić information content (AvgIpc) is 2.77. The molecule has 0 saturated carbocycles. The summed E-state index contributed by atoms with van der Waals surface area (Å²) >= 11 is 3.57. The number of rotatable bonds is 20. The number of benzene rings is 1. The molecule has 0 aromatic heterocycles. The first-order chi connectivity index (χ1) is 15.0. The molecule has 0 aliphatic heterocycles. The van der Waals surface area contributed by atoms with E-state index >= 15 is 0 Å². The molecular formula is C24H43BrO5Si. The number of halogens is 1. The van der Waals surface area contributed by atoms with E-state index in [9.17, 15) is 0 Å². The van der Waals surface area contributed by atoms with Crippen molar-refractivity contribution < 1.29 is 23.7 Å². The predicted molar refractivity (Wildman–Crippen MR) is 134 cm³/mol. The highest BCUT2D eigenvalue weighted by Crippen LogP contribution is 2.27. The first kappa shape index (κ1) is 28.6. The van der Waals surface area contributed by atoms with Crippen LogP contribution in [0.2, 0.25) is 18.6 Å². The number of ether oxygens (including phenoxy) is 5.